The predicted octanol–water partition coefficient (Wildman–Crippen LogP) is 4.58. The van der Waals surface area contributed by atoms with Gasteiger partial charge >= 0.3 is 11.8 Å². The molecular formula is C33H49N5O5. The quantitative estimate of drug-likeness (QED) is 0.307. The minimum atomic E-state index is -0.657. The van der Waals surface area contributed by atoms with E-state index in [4.69, 9.17) is 4.74 Å². The Kier molecular flexibility index (Phi) is 8.80. The van der Waals surface area contributed by atoms with Gasteiger partial charge in [-0.25, -0.2) is 9.59 Å². The number of nitrogens with one attached hydrogen (secondary N) is 2. The Hall–Kier alpha value is -3.14. The molecule has 236 valence electrons. The first-order valence-electron chi connectivity index (χ1n) is 16.0. The molecule has 0 radical (unpaired) electrons. The predicted molar refractivity (Wildman–Crippen MR) is 166 cm³/mol. The smallest absolute Gasteiger partial charge is 0.408 e. The summed E-state index contributed by atoms with van der Waals surface area (Å²) in [5, 5.41) is 5.59. The first kappa shape index (κ1) is 31.3. The minimum absolute atomic E-state index is 0.0917. The fourth-order valence-electron chi connectivity index (χ4n) is 7.54. The molecule has 3 saturated carbocycles. The highest BCUT2D eigenvalue weighted by atomic mass is 16.6. The number of amides is 3. The van der Waals surface area contributed by atoms with Crippen LogP contribution < -0.4 is 16.3 Å². The molecule has 10 heteroatoms. The Morgan fingerprint density at radius 1 is 1.05 bits per heavy atom. The lowest BCUT2D eigenvalue weighted by molar-refractivity contribution is -0.135. The van der Waals surface area contributed by atoms with Crippen LogP contribution in [-0.2, 0) is 27.8 Å². The molecule has 2 heterocycles. The second-order valence-corrected chi connectivity index (χ2v) is 14.5. The summed E-state index contributed by atoms with van der Waals surface area (Å²) >= 11 is 0. The number of alkyl carbamates (subject to hydrolysis) is 1. The van der Waals surface area contributed by atoms with Crippen molar-refractivity contribution in [2.24, 2.45) is 12.5 Å². The van der Waals surface area contributed by atoms with E-state index < -0.39 is 17.6 Å². The Bertz CT molecular complexity index is 1410. The van der Waals surface area contributed by atoms with Crippen LogP contribution in [0, 0.1) is 5.41 Å². The van der Waals surface area contributed by atoms with E-state index >= 15 is 0 Å². The van der Waals surface area contributed by atoms with Gasteiger partial charge < -0.3 is 15.0 Å². The van der Waals surface area contributed by atoms with Crippen molar-refractivity contribution in [2.75, 3.05) is 20.1 Å². The molecule has 6 rings (SSSR count). The van der Waals surface area contributed by atoms with Gasteiger partial charge in [-0.15, -0.1) is 0 Å². The molecule has 3 aliphatic carbocycles. The van der Waals surface area contributed by atoms with Gasteiger partial charge in [0.15, 0.2) is 0 Å². The van der Waals surface area contributed by atoms with Gasteiger partial charge in [0, 0.05) is 25.6 Å². The number of hydrogen-bond donors (Lipinski definition) is 2. The maximum Gasteiger partial charge on any atom is 0.408 e. The first-order chi connectivity index (χ1) is 20.3. The van der Waals surface area contributed by atoms with E-state index in [0.29, 0.717) is 11.8 Å². The van der Waals surface area contributed by atoms with Crippen molar-refractivity contribution in [2.45, 2.75) is 115 Å². The standard InChI is InChI=1S/C33H49N5O5/c1-31(2,3)43-29(41)35-33-17-14-32(15-18-33,16-19-33)22-36(4)20-8-6-7-9-23-10-11-24-26(21-23)37(5)30(42)38(24)25-12-13-27(39)34-28(25)40/h10-11,21,25H,6-9,12-20,22H2,1-5H3,(H,35,41)(H,34,39,40). The van der Waals surface area contributed by atoms with Gasteiger partial charge in [0.2, 0.25) is 11.8 Å². The maximum absolute atomic E-state index is 13.0. The number of rotatable bonds is 10. The molecule has 4 fully saturated rings. The van der Waals surface area contributed by atoms with E-state index in [0.717, 1.165) is 88.3 Å². The largest absolute Gasteiger partial charge is 0.444 e. The summed E-state index contributed by atoms with van der Waals surface area (Å²) in [6.07, 6.45) is 11.2. The second kappa shape index (κ2) is 12.1. The number of fused-ring (bicyclic) bond motifs is 4. The fraction of sp³-hybridized carbons (Fsp3) is 0.697. The van der Waals surface area contributed by atoms with Crippen LogP contribution in [0.15, 0.2) is 23.0 Å². The fourth-order valence-corrected chi connectivity index (χ4v) is 7.54. The molecule has 2 bridgehead atoms. The third kappa shape index (κ3) is 7.00. The molecule has 2 aromatic rings. The summed E-state index contributed by atoms with van der Waals surface area (Å²) in [4.78, 5) is 52.0. The molecule has 1 saturated heterocycles. The van der Waals surface area contributed by atoms with Crippen LogP contribution in [-0.4, -0.2) is 63.2 Å². The lowest BCUT2D eigenvalue weighted by atomic mass is 9.57. The number of imide groups is 1. The Balaban J connectivity index is 1.06. The molecule has 1 atom stereocenters. The van der Waals surface area contributed by atoms with Gasteiger partial charge in [0.1, 0.15) is 11.6 Å². The van der Waals surface area contributed by atoms with Crippen LogP contribution in [0.3, 0.4) is 0 Å². The van der Waals surface area contributed by atoms with Gasteiger partial charge in [0.25, 0.3) is 0 Å². The lowest BCUT2D eigenvalue weighted by Crippen LogP contribution is -2.59. The van der Waals surface area contributed by atoms with E-state index in [1.165, 1.54) is 10.1 Å². The van der Waals surface area contributed by atoms with Gasteiger partial charge in [0.05, 0.1) is 11.0 Å². The van der Waals surface area contributed by atoms with Crippen molar-refractivity contribution < 1.29 is 19.1 Å². The van der Waals surface area contributed by atoms with Gasteiger partial charge in [-0.1, -0.05) is 12.5 Å². The number of aryl methyl sites for hydroxylation is 2. The third-order valence-electron chi connectivity index (χ3n) is 9.95. The zero-order chi connectivity index (χ0) is 31.0. The van der Waals surface area contributed by atoms with Crippen LogP contribution in [0.4, 0.5) is 4.79 Å². The number of piperidine rings is 1. The van der Waals surface area contributed by atoms with Crippen molar-refractivity contribution in [1.82, 2.24) is 24.7 Å². The van der Waals surface area contributed by atoms with Crippen molar-refractivity contribution in [3.63, 3.8) is 0 Å². The first-order valence-corrected chi connectivity index (χ1v) is 16.0. The summed E-state index contributed by atoms with van der Waals surface area (Å²) in [5.74, 6) is -0.693. The van der Waals surface area contributed by atoms with Crippen LogP contribution in [0.2, 0.25) is 0 Å². The SMILES string of the molecule is CN(CCCCCc1ccc2c(c1)n(C)c(=O)n2C1CCC(=O)NC1=O)CC12CCC(NC(=O)OC(C)(C)C)(CC1)CC2. The Morgan fingerprint density at radius 3 is 2.40 bits per heavy atom. The highest BCUT2D eigenvalue weighted by Crippen LogP contribution is 2.52. The number of aromatic nitrogens is 2. The zero-order valence-electron chi connectivity index (χ0n) is 26.6. The van der Waals surface area contributed by atoms with Gasteiger partial charge in [-0.2, -0.15) is 0 Å². The van der Waals surface area contributed by atoms with Gasteiger partial charge in [-0.3, -0.25) is 24.0 Å². The van der Waals surface area contributed by atoms with Crippen molar-refractivity contribution >= 4 is 28.9 Å². The highest BCUT2D eigenvalue weighted by molar-refractivity contribution is 6.00. The van der Waals surface area contributed by atoms with Crippen LogP contribution in [0.25, 0.3) is 11.0 Å². The number of carbonyl (C=O) groups is 3. The number of nitrogens with zero attached hydrogens (tertiary/aromatic N) is 3. The van der Waals surface area contributed by atoms with E-state index in [-0.39, 0.29) is 29.6 Å². The number of unbranched alkanes of at least 4 members (excludes halogenated alkanes) is 2. The zero-order valence-corrected chi connectivity index (χ0v) is 26.6. The van der Waals surface area contributed by atoms with Crippen LogP contribution in [0.5, 0.6) is 0 Å². The average Bonchev–Trinajstić information content (AvgIpc) is 3.17. The van der Waals surface area contributed by atoms with Crippen molar-refractivity contribution in [3.8, 4) is 0 Å². The Morgan fingerprint density at radius 2 is 1.74 bits per heavy atom. The number of benzene rings is 1. The molecule has 1 aromatic carbocycles. The molecule has 1 unspecified atom stereocenters. The van der Waals surface area contributed by atoms with Crippen molar-refractivity contribution in [1.29, 1.82) is 0 Å². The van der Waals surface area contributed by atoms with Crippen LogP contribution >= 0.6 is 0 Å². The molecular weight excluding hydrogens is 546 g/mol. The Labute approximate surface area is 254 Å². The molecule has 43 heavy (non-hydrogen) atoms. The lowest BCUT2D eigenvalue weighted by Gasteiger charge is -2.54. The average molecular weight is 596 g/mol. The molecule has 10 nitrogen and oxygen atoms in total. The molecule has 2 N–H and O–H groups in total. The van der Waals surface area contributed by atoms with E-state index in [2.05, 4.69) is 34.7 Å². The summed E-state index contributed by atoms with van der Waals surface area (Å²) in [6, 6.07) is 5.40. The minimum Gasteiger partial charge on any atom is -0.444 e. The van der Waals surface area contributed by atoms with E-state index in [1.54, 1.807) is 11.6 Å². The van der Waals surface area contributed by atoms with E-state index in [1.807, 2.05) is 26.8 Å². The highest BCUT2D eigenvalue weighted by Gasteiger charge is 2.49. The van der Waals surface area contributed by atoms with Gasteiger partial charge in [-0.05, 0) is 122 Å². The number of hydrogen-bond acceptors (Lipinski definition) is 6. The molecule has 3 amide bonds. The normalized spacial score (nSPS) is 25.8. The van der Waals surface area contributed by atoms with E-state index in [9.17, 15) is 19.2 Å². The monoisotopic (exact) mass is 595 g/mol. The molecule has 0 spiro atoms. The van der Waals surface area contributed by atoms with Crippen molar-refractivity contribution in [3.05, 3.63) is 34.2 Å². The topological polar surface area (TPSA) is 115 Å². The third-order valence-corrected chi connectivity index (χ3v) is 9.95. The number of imidazole rings is 1. The maximum atomic E-state index is 13.0. The summed E-state index contributed by atoms with van der Waals surface area (Å²) in [6.45, 7) is 7.90. The number of ether oxygens (including phenoxy) is 1. The summed E-state index contributed by atoms with van der Waals surface area (Å²) < 4.78 is 8.67. The summed E-state index contributed by atoms with van der Waals surface area (Å²) in [7, 11) is 3.98. The summed E-state index contributed by atoms with van der Waals surface area (Å²) in [5.41, 5.74) is 2.30. The number of carbonyl (C=O) groups excluding carboxylic acids is 3. The molecule has 4 aliphatic rings. The molecule has 1 aliphatic heterocycles. The van der Waals surface area contributed by atoms with Crippen LogP contribution in [0.1, 0.15) is 103 Å². The molecule has 1 aromatic heterocycles. The second-order valence-electron chi connectivity index (χ2n) is 14.5.